The summed E-state index contributed by atoms with van der Waals surface area (Å²) in [5, 5.41) is 3.20. The average molecular weight is 196 g/mol. The molecule has 0 saturated heterocycles. The lowest BCUT2D eigenvalue weighted by Crippen LogP contribution is -2.07. The smallest absolute Gasteiger partial charge is 0.248 e. The van der Waals surface area contributed by atoms with E-state index in [4.69, 9.17) is 11.6 Å². The van der Waals surface area contributed by atoms with Crippen molar-refractivity contribution in [1.29, 1.82) is 0 Å². The van der Waals surface area contributed by atoms with Crippen molar-refractivity contribution in [1.82, 2.24) is 0 Å². The van der Waals surface area contributed by atoms with Crippen molar-refractivity contribution in [2.24, 2.45) is 0 Å². The van der Waals surface area contributed by atoms with Crippen molar-refractivity contribution in [2.75, 3.05) is 5.32 Å². The molecule has 1 amide bonds. The maximum atomic E-state index is 11.1. The fraction of sp³-hybridized carbons (Fsp3) is 0.100. The number of para-hydroxylation sites is 1. The van der Waals surface area contributed by atoms with E-state index < -0.39 is 0 Å². The van der Waals surface area contributed by atoms with Crippen molar-refractivity contribution < 1.29 is 4.79 Å². The predicted octanol–water partition coefficient (Wildman–Crippen LogP) is 2.85. The molecule has 0 unspecified atom stereocenters. The van der Waals surface area contributed by atoms with Gasteiger partial charge in [0.25, 0.3) is 0 Å². The molecule has 2 nitrogen and oxygen atoms in total. The van der Waals surface area contributed by atoms with Gasteiger partial charge in [0, 0.05) is 0 Å². The SMILES string of the molecule is C/C=C\C(=O)Nc1ccccc1Cl. The lowest BCUT2D eigenvalue weighted by molar-refractivity contribution is -0.111. The molecule has 0 bridgehead atoms. The monoisotopic (exact) mass is 195 g/mol. The van der Waals surface area contributed by atoms with Crippen LogP contribution >= 0.6 is 11.6 Å². The molecule has 0 aliphatic heterocycles. The summed E-state index contributed by atoms with van der Waals surface area (Å²) in [7, 11) is 0. The lowest BCUT2D eigenvalue weighted by Gasteiger charge is -2.03. The highest BCUT2D eigenvalue weighted by Crippen LogP contribution is 2.20. The van der Waals surface area contributed by atoms with Gasteiger partial charge in [-0.15, -0.1) is 0 Å². The van der Waals surface area contributed by atoms with Crippen molar-refractivity contribution in [3.05, 3.63) is 41.4 Å². The Bertz CT molecular complexity index is 333. The number of halogens is 1. The molecule has 0 aliphatic rings. The number of allylic oxidation sites excluding steroid dienone is 1. The van der Waals surface area contributed by atoms with Gasteiger partial charge in [0.1, 0.15) is 0 Å². The predicted molar refractivity (Wildman–Crippen MR) is 54.9 cm³/mol. The van der Waals surface area contributed by atoms with Crippen LogP contribution in [0.5, 0.6) is 0 Å². The van der Waals surface area contributed by atoms with Gasteiger partial charge in [-0.2, -0.15) is 0 Å². The van der Waals surface area contributed by atoms with Gasteiger partial charge in [0.2, 0.25) is 5.91 Å². The molecule has 0 radical (unpaired) electrons. The number of amides is 1. The van der Waals surface area contributed by atoms with E-state index in [0.29, 0.717) is 10.7 Å². The van der Waals surface area contributed by atoms with Gasteiger partial charge in [0.05, 0.1) is 10.7 Å². The summed E-state index contributed by atoms with van der Waals surface area (Å²) in [5.74, 6) is -0.171. The van der Waals surface area contributed by atoms with Crippen molar-refractivity contribution in [3.63, 3.8) is 0 Å². The van der Waals surface area contributed by atoms with E-state index in [1.54, 1.807) is 25.1 Å². The first-order chi connectivity index (χ1) is 6.24. The standard InChI is InChI=1S/C10H10ClNO/c1-2-5-10(13)12-9-7-4-3-6-8(9)11/h2-7H,1H3,(H,12,13)/b5-2-. The Morgan fingerprint density at radius 1 is 1.46 bits per heavy atom. The number of carbonyl (C=O) groups excluding carboxylic acids is 1. The molecule has 0 aromatic heterocycles. The van der Waals surface area contributed by atoms with Crippen molar-refractivity contribution in [2.45, 2.75) is 6.92 Å². The van der Waals surface area contributed by atoms with Crippen LogP contribution in [0, 0.1) is 0 Å². The van der Waals surface area contributed by atoms with Gasteiger partial charge in [-0.1, -0.05) is 29.8 Å². The molecule has 0 spiro atoms. The van der Waals surface area contributed by atoms with Crippen LogP contribution in [0.15, 0.2) is 36.4 Å². The number of rotatable bonds is 2. The molecule has 0 aliphatic carbocycles. The third-order valence-electron chi connectivity index (χ3n) is 1.45. The molecule has 0 atom stereocenters. The summed E-state index contributed by atoms with van der Waals surface area (Å²) in [6.45, 7) is 1.78. The van der Waals surface area contributed by atoms with E-state index in [-0.39, 0.29) is 5.91 Å². The maximum Gasteiger partial charge on any atom is 0.248 e. The molecular weight excluding hydrogens is 186 g/mol. The molecule has 0 heterocycles. The Hall–Kier alpha value is -1.28. The van der Waals surface area contributed by atoms with Crippen LogP contribution in [-0.4, -0.2) is 5.91 Å². The molecule has 0 saturated carbocycles. The Morgan fingerprint density at radius 3 is 2.77 bits per heavy atom. The number of hydrogen-bond acceptors (Lipinski definition) is 1. The quantitative estimate of drug-likeness (QED) is 0.723. The van der Waals surface area contributed by atoms with E-state index in [9.17, 15) is 4.79 Å². The summed E-state index contributed by atoms with van der Waals surface area (Å²) in [6.07, 6.45) is 3.12. The van der Waals surface area contributed by atoms with Crippen LogP contribution in [0.3, 0.4) is 0 Å². The van der Waals surface area contributed by atoms with Crippen LogP contribution in [0.1, 0.15) is 6.92 Å². The minimum absolute atomic E-state index is 0.171. The van der Waals surface area contributed by atoms with E-state index >= 15 is 0 Å². The number of anilines is 1. The van der Waals surface area contributed by atoms with E-state index in [1.807, 2.05) is 12.1 Å². The Labute approximate surface area is 82.2 Å². The van der Waals surface area contributed by atoms with Gasteiger partial charge in [-0.3, -0.25) is 4.79 Å². The van der Waals surface area contributed by atoms with Crippen molar-refractivity contribution >= 4 is 23.2 Å². The highest BCUT2D eigenvalue weighted by molar-refractivity contribution is 6.33. The first-order valence-electron chi connectivity index (χ1n) is 3.92. The normalized spacial score (nSPS) is 10.3. The number of nitrogens with one attached hydrogen (secondary N) is 1. The summed E-state index contributed by atoms with van der Waals surface area (Å²) < 4.78 is 0. The zero-order valence-electron chi connectivity index (χ0n) is 7.25. The van der Waals surface area contributed by atoms with Gasteiger partial charge in [-0.05, 0) is 25.1 Å². The molecule has 1 aromatic rings. The Kier molecular flexibility index (Phi) is 3.53. The minimum atomic E-state index is -0.171. The molecule has 13 heavy (non-hydrogen) atoms. The van der Waals surface area contributed by atoms with Gasteiger partial charge < -0.3 is 5.32 Å². The Morgan fingerprint density at radius 2 is 2.15 bits per heavy atom. The molecular formula is C10H10ClNO. The average Bonchev–Trinajstić information content (AvgIpc) is 2.09. The third-order valence-corrected chi connectivity index (χ3v) is 1.78. The zero-order chi connectivity index (χ0) is 9.68. The highest BCUT2D eigenvalue weighted by Gasteiger charge is 2.00. The van der Waals surface area contributed by atoms with E-state index in [2.05, 4.69) is 5.32 Å². The Balaban J connectivity index is 2.74. The maximum absolute atomic E-state index is 11.1. The fourth-order valence-electron chi connectivity index (χ4n) is 0.888. The second-order valence-electron chi connectivity index (χ2n) is 2.47. The molecule has 0 fully saturated rings. The number of hydrogen-bond donors (Lipinski definition) is 1. The second kappa shape index (κ2) is 4.67. The van der Waals surface area contributed by atoms with Crippen LogP contribution in [0.2, 0.25) is 5.02 Å². The third kappa shape index (κ3) is 2.92. The van der Waals surface area contributed by atoms with Crippen LogP contribution in [-0.2, 0) is 4.79 Å². The summed E-state index contributed by atoms with van der Waals surface area (Å²) in [6, 6.07) is 7.11. The summed E-state index contributed by atoms with van der Waals surface area (Å²) in [5.41, 5.74) is 0.632. The lowest BCUT2D eigenvalue weighted by atomic mass is 10.3. The molecule has 1 aromatic carbocycles. The van der Waals surface area contributed by atoms with E-state index in [0.717, 1.165) is 0 Å². The van der Waals surface area contributed by atoms with Crippen LogP contribution < -0.4 is 5.32 Å². The molecule has 1 rings (SSSR count). The van der Waals surface area contributed by atoms with Crippen LogP contribution in [0.4, 0.5) is 5.69 Å². The van der Waals surface area contributed by atoms with Gasteiger partial charge in [-0.25, -0.2) is 0 Å². The van der Waals surface area contributed by atoms with Crippen LogP contribution in [0.25, 0.3) is 0 Å². The minimum Gasteiger partial charge on any atom is -0.321 e. The fourth-order valence-corrected chi connectivity index (χ4v) is 1.07. The summed E-state index contributed by atoms with van der Waals surface area (Å²) in [4.78, 5) is 11.1. The first-order valence-corrected chi connectivity index (χ1v) is 4.30. The molecule has 68 valence electrons. The highest BCUT2D eigenvalue weighted by atomic mass is 35.5. The largest absolute Gasteiger partial charge is 0.321 e. The number of carbonyl (C=O) groups is 1. The molecule has 1 N–H and O–H groups in total. The summed E-state index contributed by atoms with van der Waals surface area (Å²) >= 11 is 5.83. The topological polar surface area (TPSA) is 29.1 Å². The van der Waals surface area contributed by atoms with Gasteiger partial charge in [0.15, 0.2) is 0 Å². The first kappa shape index (κ1) is 9.81. The number of benzene rings is 1. The second-order valence-corrected chi connectivity index (χ2v) is 2.88. The van der Waals surface area contributed by atoms with E-state index in [1.165, 1.54) is 6.08 Å². The van der Waals surface area contributed by atoms with Crippen molar-refractivity contribution in [3.8, 4) is 0 Å². The molecule has 3 heteroatoms. The zero-order valence-corrected chi connectivity index (χ0v) is 8.01. The van der Waals surface area contributed by atoms with Gasteiger partial charge >= 0.3 is 0 Å².